The van der Waals surface area contributed by atoms with Gasteiger partial charge in [0.25, 0.3) is 0 Å². The minimum atomic E-state index is -0.677. The van der Waals surface area contributed by atoms with Crippen molar-refractivity contribution in [1.82, 2.24) is 5.32 Å². The Balaban J connectivity index is 1.72. The molecule has 1 aromatic carbocycles. The van der Waals surface area contributed by atoms with Crippen LogP contribution in [0.1, 0.15) is 45.1 Å². The summed E-state index contributed by atoms with van der Waals surface area (Å²) in [5.74, 6) is 0.303. The Labute approximate surface area is 136 Å². The summed E-state index contributed by atoms with van der Waals surface area (Å²) in [5.41, 5.74) is 2.31. The molecule has 3 rings (SSSR count). The maximum Gasteiger partial charge on any atom is 0.408 e. The second-order valence-corrected chi connectivity index (χ2v) is 7.11. The van der Waals surface area contributed by atoms with E-state index >= 15 is 0 Å². The van der Waals surface area contributed by atoms with Crippen LogP contribution in [0.3, 0.4) is 0 Å². The van der Waals surface area contributed by atoms with Gasteiger partial charge in [-0.15, -0.1) is 0 Å². The van der Waals surface area contributed by atoms with Crippen molar-refractivity contribution < 1.29 is 14.3 Å². The van der Waals surface area contributed by atoms with E-state index in [4.69, 9.17) is 4.74 Å². The van der Waals surface area contributed by atoms with Crippen LogP contribution in [0.15, 0.2) is 18.2 Å². The van der Waals surface area contributed by atoms with E-state index in [2.05, 4.69) is 22.0 Å². The molecule has 124 valence electrons. The second kappa shape index (κ2) is 5.76. The number of amides is 2. The van der Waals surface area contributed by atoms with Crippen molar-refractivity contribution in [2.24, 2.45) is 0 Å². The highest BCUT2D eigenvalue weighted by Gasteiger charge is 2.32. The number of fused-ring (bicyclic) bond motifs is 1. The van der Waals surface area contributed by atoms with E-state index in [0.717, 1.165) is 24.2 Å². The molecule has 6 nitrogen and oxygen atoms in total. The highest BCUT2D eigenvalue weighted by Crippen LogP contribution is 2.45. The molecule has 1 aliphatic carbocycles. The number of para-hydroxylation sites is 1. The number of alkyl carbamates (subject to hydrolysis) is 1. The van der Waals surface area contributed by atoms with Crippen molar-refractivity contribution >= 4 is 23.4 Å². The number of carbonyl (C=O) groups is 2. The van der Waals surface area contributed by atoms with Crippen LogP contribution < -0.4 is 16.0 Å². The molecule has 1 atom stereocenters. The third kappa shape index (κ3) is 3.75. The van der Waals surface area contributed by atoms with Crippen molar-refractivity contribution in [3.63, 3.8) is 0 Å². The highest BCUT2D eigenvalue weighted by molar-refractivity contribution is 6.01. The smallest absolute Gasteiger partial charge is 0.408 e. The van der Waals surface area contributed by atoms with Crippen LogP contribution in [0.2, 0.25) is 0 Å². The molecule has 0 spiro atoms. The van der Waals surface area contributed by atoms with E-state index in [1.54, 1.807) is 20.8 Å². The third-order valence-corrected chi connectivity index (χ3v) is 3.87. The zero-order valence-corrected chi connectivity index (χ0v) is 13.7. The minimum absolute atomic E-state index is 0.227. The zero-order chi connectivity index (χ0) is 16.6. The minimum Gasteiger partial charge on any atom is -0.444 e. The number of rotatable bonds is 2. The number of hydrogen-bond acceptors (Lipinski definition) is 4. The maximum absolute atomic E-state index is 12.5. The molecule has 2 amide bonds. The fourth-order valence-electron chi connectivity index (χ4n) is 2.67. The first-order valence-corrected chi connectivity index (χ1v) is 8.00. The Hall–Kier alpha value is -2.24. The average Bonchev–Trinajstić information content (AvgIpc) is 3.26. The van der Waals surface area contributed by atoms with E-state index < -0.39 is 17.7 Å². The summed E-state index contributed by atoms with van der Waals surface area (Å²) in [5, 5.41) is 8.83. The number of nitrogens with one attached hydrogen (secondary N) is 3. The molecular formula is C17H23N3O3. The van der Waals surface area contributed by atoms with Crippen LogP contribution in [0, 0.1) is 0 Å². The van der Waals surface area contributed by atoms with Gasteiger partial charge in [-0.25, -0.2) is 4.79 Å². The average molecular weight is 317 g/mol. The standard InChI is InChI=1S/C17H23N3O3/c1-17(2,3)23-16(22)19-13-9-18-12-6-4-5-11(10-7-8-10)14(12)20-15(13)21/h4-6,10,13,18H,7-9H2,1-3H3,(H,19,22)(H,20,21). The Morgan fingerprint density at radius 3 is 2.70 bits per heavy atom. The Morgan fingerprint density at radius 1 is 1.30 bits per heavy atom. The van der Waals surface area contributed by atoms with Crippen LogP contribution in [0.5, 0.6) is 0 Å². The molecule has 3 N–H and O–H groups in total. The fourth-order valence-corrected chi connectivity index (χ4v) is 2.67. The Bertz CT molecular complexity index is 632. The summed E-state index contributed by atoms with van der Waals surface area (Å²) in [6, 6.07) is 5.31. The molecule has 0 bridgehead atoms. The number of benzene rings is 1. The van der Waals surface area contributed by atoms with E-state index in [1.165, 1.54) is 5.56 Å². The zero-order valence-electron chi connectivity index (χ0n) is 13.7. The van der Waals surface area contributed by atoms with Crippen molar-refractivity contribution in [2.75, 3.05) is 17.2 Å². The normalized spacial score (nSPS) is 20.7. The summed E-state index contributed by atoms with van der Waals surface area (Å²) in [7, 11) is 0. The van der Waals surface area contributed by atoms with Crippen LogP contribution in [-0.2, 0) is 9.53 Å². The molecule has 1 aromatic rings. The molecule has 1 heterocycles. The highest BCUT2D eigenvalue weighted by atomic mass is 16.6. The van der Waals surface area contributed by atoms with Crippen molar-refractivity contribution in [3.05, 3.63) is 23.8 Å². The van der Waals surface area contributed by atoms with Gasteiger partial charge in [0.1, 0.15) is 11.6 Å². The summed E-state index contributed by atoms with van der Waals surface area (Å²) in [6.45, 7) is 5.69. The van der Waals surface area contributed by atoms with Crippen molar-refractivity contribution in [2.45, 2.75) is 51.2 Å². The molecule has 1 saturated carbocycles. The van der Waals surface area contributed by atoms with Crippen LogP contribution in [0.4, 0.5) is 16.2 Å². The Morgan fingerprint density at radius 2 is 2.04 bits per heavy atom. The molecule has 6 heteroatoms. The lowest BCUT2D eigenvalue weighted by Crippen LogP contribution is -2.48. The molecule has 0 radical (unpaired) electrons. The molecular weight excluding hydrogens is 294 g/mol. The fraction of sp³-hybridized carbons (Fsp3) is 0.529. The van der Waals surface area contributed by atoms with Gasteiger partial charge in [0.15, 0.2) is 0 Å². The first-order chi connectivity index (χ1) is 10.8. The molecule has 1 aliphatic heterocycles. The molecule has 0 aromatic heterocycles. The van der Waals surface area contributed by atoms with Crippen LogP contribution in [0.25, 0.3) is 0 Å². The van der Waals surface area contributed by atoms with Crippen LogP contribution in [-0.4, -0.2) is 30.2 Å². The third-order valence-electron chi connectivity index (χ3n) is 3.87. The van der Waals surface area contributed by atoms with Gasteiger partial charge in [-0.3, -0.25) is 4.79 Å². The molecule has 23 heavy (non-hydrogen) atoms. The van der Waals surface area contributed by atoms with Crippen molar-refractivity contribution in [1.29, 1.82) is 0 Å². The maximum atomic E-state index is 12.5. The lowest BCUT2D eigenvalue weighted by molar-refractivity contribution is -0.117. The first-order valence-electron chi connectivity index (χ1n) is 8.00. The van der Waals surface area contributed by atoms with Crippen LogP contribution >= 0.6 is 0 Å². The lowest BCUT2D eigenvalue weighted by atomic mass is 10.1. The van der Waals surface area contributed by atoms with E-state index in [0.29, 0.717) is 12.5 Å². The second-order valence-electron chi connectivity index (χ2n) is 7.11. The van der Waals surface area contributed by atoms with Gasteiger partial charge >= 0.3 is 6.09 Å². The monoisotopic (exact) mass is 317 g/mol. The molecule has 0 saturated heterocycles. The Kier molecular flexibility index (Phi) is 3.92. The van der Waals surface area contributed by atoms with Gasteiger partial charge < -0.3 is 20.7 Å². The van der Waals surface area contributed by atoms with Gasteiger partial charge in [-0.05, 0) is 51.2 Å². The summed E-state index contributed by atoms with van der Waals surface area (Å²) >= 11 is 0. The molecule has 1 unspecified atom stereocenters. The number of ether oxygens (including phenoxy) is 1. The number of carbonyl (C=O) groups excluding carboxylic acids is 2. The van der Waals surface area contributed by atoms with E-state index in [9.17, 15) is 9.59 Å². The van der Waals surface area contributed by atoms with Gasteiger partial charge in [-0.1, -0.05) is 12.1 Å². The number of anilines is 2. The predicted octanol–water partition coefficient (Wildman–Crippen LogP) is 2.82. The molecule has 2 aliphatic rings. The van der Waals surface area contributed by atoms with Gasteiger partial charge in [0.05, 0.1) is 11.4 Å². The number of hydrogen-bond donors (Lipinski definition) is 3. The summed E-state index contributed by atoms with van der Waals surface area (Å²) < 4.78 is 5.22. The largest absolute Gasteiger partial charge is 0.444 e. The van der Waals surface area contributed by atoms with Crippen molar-refractivity contribution in [3.8, 4) is 0 Å². The molecule has 1 fully saturated rings. The van der Waals surface area contributed by atoms with Gasteiger partial charge in [0, 0.05) is 6.54 Å². The lowest BCUT2D eigenvalue weighted by Gasteiger charge is -2.22. The quantitative estimate of drug-likeness (QED) is 0.783. The van der Waals surface area contributed by atoms with E-state index in [1.807, 2.05) is 12.1 Å². The first kappa shape index (κ1) is 15.6. The summed E-state index contributed by atoms with van der Waals surface area (Å²) in [6.07, 6.45) is 1.73. The van der Waals surface area contributed by atoms with E-state index in [-0.39, 0.29) is 5.91 Å². The van der Waals surface area contributed by atoms with Gasteiger partial charge in [0.2, 0.25) is 5.91 Å². The topological polar surface area (TPSA) is 79.5 Å². The summed E-state index contributed by atoms with van der Waals surface area (Å²) in [4.78, 5) is 24.4. The predicted molar refractivity (Wildman–Crippen MR) is 88.7 cm³/mol. The SMILES string of the molecule is CC(C)(C)OC(=O)NC1CNc2cccc(C3CC3)c2NC1=O. The van der Waals surface area contributed by atoms with Gasteiger partial charge in [-0.2, -0.15) is 0 Å².